The molecule has 152 valence electrons. The van der Waals surface area contributed by atoms with Crippen LogP contribution in [0.4, 0.5) is 5.13 Å². The van der Waals surface area contributed by atoms with Crippen LogP contribution in [0.15, 0.2) is 42.5 Å². The number of aryl methyl sites for hydroxylation is 1. The molecule has 0 radical (unpaired) electrons. The molecule has 0 saturated carbocycles. The number of hydrogen-bond donors (Lipinski definition) is 1. The maximum Gasteiger partial charge on any atom is 0.265 e. The Bertz CT molecular complexity index is 935. The third kappa shape index (κ3) is 5.23. The highest BCUT2D eigenvalue weighted by atomic mass is 32.1. The summed E-state index contributed by atoms with van der Waals surface area (Å²) in [4.78, 5) is 12.7. The van der Waals surface area contributed by atoms with E-state index in [1.165, 1.54) is 31.1 Å². The fraction of sp³-hybridized carbons (Fsp3) is 0.286. The van der Waals surface area contributed by atoms with Gasteiger partial charge in [0.2, 0.25) is 5.13 Å². The lowest BCUT2D eigenvalue weighted by Gasteiger charge is -2.11. The molecule has 1 amide bonds. The van der Waals surface area contributed by atoms with E-state index in [2.05, 4.69) is 34.6 Å². The number of nitrogens with one attached hydrogen (secondary N) is 1. The third-order valence-electron chi connectivity index (χ3n) is 4.26. The molecule has 29 heavy (non-hydrogen) atoms. The maximum atomic E-state index is 12.7. The van der Waals surface area contributed by atoms with Crippen LogP contribution in [-0.2, 0) is 12.8 Å². The van der Waals surface area contributed by atoms with E-state index in [1.54, 1.807) is 18.2 Å². The Labute approximate surface area is 173 Å². The van der Waals surface area contributed by atoms with Gasteiger partial charge in [-0.05, 0) is 36.2 Å². The third-order valence-corrected chi connectivity index (χ3v) is 5.16. The van der Waals surface area contributed by atoms with Crippen molar-refractivity contribution in [1.82, 2.24) is 10.2 Å². The second-order valence-corrected chi connectivity index (χ2v) is 7.15. The molecular formula is C21H23N3O4S. The summed E-state index contributed by atoms with van der Waals surface area (Å²) in [5.74, 6) is 1.31. The standard InChI is InChI=1S/C21H23N3O4S/c1-4-14-8-10-15(11-9-14)28-13-12-18-23-24-21(29-18)22-20(25)19-16(26-2)6-5-7-17(19)27-3/h5-11H,4,12-13H2,1-3H3,(H,22,24,25). The number of ether oxygens (including phenoxy) is 3. The number of carbonyl (C=O) groups is 1. The molecule has 7 nitrogen and oxygen atoms in total. The summed E-state index contributed by atoms with van der Waals surface area (Å²) in [6, 6.07) is 13.2. The molecule has 8 heteroatoms. The Morgan fingerprint density at radius 1 is 1.03 bits per heavy atom. The molecule has 0 bridgehead atoms. The van der Waals surface area contributed by atoms with Crippen LogP contribution in [0.25, 0.3) is 0 Å². The summed E-state index contributed by atoms with van der Waals surface area (Å²) in [6.45, 7) is 2.60. The summed E-state index contributed by atoms with van der Waals surface area (Å²) in [7, 11) is 3.01. The molecule has 0 spiro atoms. The molecular weight excluding hydrogens is 390 g/mol. The quantitative estimate of drug-likeness (QED) is 0.571. The van der Waals surface area contributed by atoms with Gasteiger partial charge in [-0.1, -0.05) is 36.5 Å². The molecule has 1 heterocycles. The van der Waals surface area contributed by atoms with Crippen LogP contribution >= 0.6 is 11.3 Å². The van der Waals surface area contributed by atoms with E-state index in [0.29, 0.717) is 35.2 Å². The van der Waals surface area contributed by atoms with E-state index in [-0.39, 0.29) is 5.91 Å². The van der Waals surface area contributed by atoms with E-state index >= 15 is 0 Å². The second kappa shape index (κ2) is 9.88. The number of anilines is 1. The van der Waals surface area contributed by atoms with Gasteiger partial charge in [0, 0.05) is 6.42 Å². The minimum atomic E-state index is -0.366. The fourth-order valence-electron chi connectivity index (χ4n) is 2.72. The van der Waals surface area contributed by atoms with Crippen molar-refractivity contribution >= 4 is 22.4 Å². The van der Waals surface area contributed by atoms with Gasteiger partial charge in [0.05, 0.1) is 20.8 Å². The first-order valence-electron chi connectivity index (χ1n) is 9.21. The van der Waals surface area contributed by atoms with E-state index < -0.39 is 0 Å². The van der Waals surface area contributed by atoms with Gasteiger partial charge < -0.3 is 14.2 Å². The molecule has 3 rings (SSSR count). The predicted octanol–water partition coefficient (Wildman–Crippen LogP) is 3.99. The van der Waals surface area contributed by atoms with Crippen LogP contribution in [-0.4, -0.2) is 36.9 Å². The fourth-order valence-corrected chi connectivity index (χ4v) is 3.43. The molecule has 2 aromatic carbocycles. The van der Waals surface area contributed by atoms with E-state index in [4.69, 9.17) is 14.2 Å². The predicted molar refractivity (Wildman–Crippen MR) is 112 cm³/mol. The van der Waals surface area contributed by atoms with E-state index in [0.717, 1.165) is 17.2 Å². The highest BCUT2D eigenvalue weighted by Gasteiger charge is 2.19. The number of methoxy groups -OCH3 is 2. The molecule has 0 saturated heterocycles. The van der Waals surface area contributed by atoms with E-state index in [1.807, 2.05) is 12.1 Å². The lowest BCUT2D eigenvalue weighted by Crippen LogP contribution is -2.14. The zero-order chi connectivity index (χ0) is 20.6. The summed E-state index contributed by atoms with van der Waals surface area (Å²) in [5.41, 5.74) is 1.58. The van der Waals surface area contributed by atoms with Gasteiger partial charge in [-0.15, -0.1) is 10.2 Å². The molecule has 0 atom stereocenters. The molecule has 3 aromatic rings. The van der Waals surface area contributed by atoms with Crippen LogP contribution in [0.2, 0.25) is 0 Å². The van der Waals surface area contributed by atoms with Crippen molar-refractivity contribution in [2.24, 2.45) is 0 Å². The van der Waals surface area contributed by atoms with Gasteiger partial charge in [0.25, 0.3) is 5.91 Å². The molecule has 0 fully saturated rings. The van der Waals surface area contributed by atoms with Crippen molar-refractivity contribution in [3.63, 3.8) is 0 Å². The average Bonchev–Trinajstić information content (AvgIpc) is 3.20. The van der Waals surface area contributed by atoms with Gasteiger partial charge in [0.1, 0.15) is 27.8 Å². The normalized spacial score (nSPS) is 10.4. The topological polar surface area (TPSA) is 82.6 Å². The minimum absolute atomic E-state index is 0.313. The average molecular weight is 413 g/mol. The Balaban J connectivity index is 1.58. The van der Waals surface area contributed by atoms with Crippen molar-refractivity contribution in [2.75, 3.05) is 26.1 Å². The molecule has 0 aliphatic heterocycles. The van der Waals surface area contributed by atoms with Gasteiger partial charge in [0.15, 0.2) is 0 Å². The zero-order valence-electron chi connectivity index (χ0n) is 16.6. The second-order valence-electron chi connectivity index (χ2n) is 6.09. The van der Waals surface area contributed by atoms with Crippen LogP contribution in [0.5, 0.6) is 17.2 Å². The van der Waals surface area contributed by atoms with Crippen molar-refractivity contribution in [1.29, 1.82) is 0 Å². The first kappa shape index (κ1) is 20.6. The number of carbonyl (C=O) groups excluding carboxylic acids is 1. The maximum absolute atomic E-state index is 12.7. The monoisotopic (exact) mass is 413 g/mol. The first-order valence-corrected chi connectivity index (χ1v) is 10.0. The van der Waals surface area contributed by atoms with Gasteiger partial charge in [-0.2, -0.15) is 0 Å². The Morgan fingerprint density at radius 2 is 1.72 bits per heavy atom. The van der Waals surface area contributed by atoms with Crippen LogP contribution < -0.4 is 19.5 Å². The number of rotatable bonds is 9. The largest absolute Gasteiger partial charge is 0.496 e. The van der Waals surface area contributed by atoms with Crippen LogP contribution in [0, 0.1) is 0 Å². The van der Waals surface area contributed by atoms with Crippen molar-refractivity contribution in [3.05, 3.63) is 58.6 Å². The molecule has 0 unspecified atom stereocenters. The number of aromatic nitrogens is 2. The number of benzene rings is 2. The highest BCUT2D eigenvalue weighted by Crippen LogP contribution is 2.29. The van der Waals surface area contributed by atoms with Crippen molar-refractivity contribution in [3.8, 4) is 17.2 Å². The van der Waals surface area contributed by atoms with Crippen molar-refractivity contribution < 1.29 is 19.0 Å². The smallest absolute Gasteiger partial charge is 0.265 e. The Hall–Kier alpha value is -3.13. The lowest BCUT2D eigenvalue weighted by atomic mass is 10.1. The van der Waals surface area contributed by atoms with Gasteiger partial charge >= 0.3 is 0 Å². The summed E-state index contributed by atoms with van der Waals surface area (Å²) < 4.78 is 16.3. The van der Waals surface area contributed by atoms with Crippen molar-refractivity contribution in [2.45, 2.75) is 19.8 Å². The summed E-state index contributed by atoms with van der Waals surface area (Å²) >= 11 is 1.31. The lowest BCUT2D eigenvalue weighted by molar-refractivity contribution is 0.102. The molecule has 1 aromatic heterocycles. The van der Waals surface area contributed by atoms with Gasteiger partial charge in [-0.25, -0.2) is 0 Å². The van der Waals surface area contributed by atoms with E-state index in [9.17, 15) is 4.79 Å². The van der Waals surface area contributed by atoms with Crippen LogP contribution in [0.3, 0.4) is 0 Å². The van der Waals surface area contributed by atoms with Crippen LogP contribution in [0.1, 0.15) is 27.9 Å². The summed E-state index contributed by atoms with van der Waals surface area (Å²) in [5, 5.41) is 12.1. The van der Waals surface area contributed by atoms with Gasteiger partial charge in [-0.3, -0.25) is 10.1 Å². The summed E-state index contributed by atoms with van der Waals surface area (Å²) in [6.07, 6.45) is 1.60. The Morgan fingerprint density at radius 3 is 2.34 bits per heavy atom. The number of amides is 1. The zero-order valence-corrected chi connectivity index (χ0v) is 17.4. The molecule has 1 N–H and O–H groups in total. The minimum Gasteiger partial charge on any atom is -0.496 e. The molecule has 0 aliphatic rings. The number of hydrogen-bond acceptors (Lipinski definition) is 7. The molecule has 0 aliphatic carbocycles. The first-order chi connectivity index (χ1) is 14.1. The SMILES string of the molecule is CCc1ccc(OCCc2nnc(NC(=O)c3c(OC)cccc3OC)s2)cc1. The highest BCUT2D eigenvalue weighted by molar-refractivity contribution is 7.15. The Kier molecular flexibility index (Phi) is 7.02. The number of nitrogens with zero attached hydrogens (tertiary/aromatic N) is 2.